The first-order valence-corrected chi connectivity index (χ1v) is 8.05. The van der Waals surface area contributed by atoms with Crippen LogP contribution in [0.25, 0.3) is 11.2 Å². The fourth-order valence-corrected chi connectivity index (χ4v) is 3.18. The highest BCUT2D eigenvalue weighted by Gasteiger charge is 2.25. The van der Waals surface area contributed by atoms with Crippen molar-refractivity contribution in [2.24, 2.45) is 14.1 Å². The maximum atomic E-state index is 12.5. The summed E-state index contributed by atoms with van der Waals surface area (Å²) in [5.74, 6) is 1.32. The molecule has 0 spiro atoms. The number of hydrogen-bond acceptors (Lipinski definition) is 5. The Balaban J connectivity index is 1.77. The molecule has 1 aliphatic rings. The van der Waals surface area contributed by atoms with Gasteiger partial charge in [-0.15, -0.1) is 0 Å². The first-order valence-electron chi connectivity index (χ1n) is 7.67. The Morgan fingerprint density at radius 3 is 2.68 bits per heavy atom. The van der Waals surface area contributed by atoms with Gasteiger partial charge in [-0.2, -0.15) is 4.98 Å². The number of fused-ring (bicyclic) bond motifs is 2. The molecule has 0 saturated carbocycles. The van der Waals surface area contributed by atoms with Gasteiger partial charge in [-0.3, -0.25) is 13.9 Å². The molecule has 1 aromatic carbocycles. The molecule has 0 unspecified atom stereocenters. The number of ether oxygens (including phenoxy) is 2. The molecule has 0 N–H and O–H groups in total. The predicted molar refractivity (Wildman–Crippen MR) is 91.6 cm³/mol. The molecule has 0 amide bonds. The smallest absolute Gasteiger partial charge is 0.332 e. The summed E-state index contributed by atoms with van der Waals surface area (Å²) in [5, 5.41) is 0.121. The van der Waals surface area contributed by atoms with Crippen LogP contribution in [0.15, 0.2) is 33.9 Å². The molecule has 130 valence electrons. The first-order chi connectivity index (χ1) is 12.0. The minimum Gasteiger partial charge on any atom is -0.486 e. The van der Waals surface area contributed by atoms with Crippen LogP contribution >= 0.6 is 11.6 Å². The van der Waals surface area contributed by atoms with Crippen molar-refractivity contribution in [3.63, 3.8) is 0 Å². The molecule has 1 atom stereocenters. The van der Waals surface area contributed by atoms with Crippen molar-refractivity contribution in [3.05, 3.63) is 50.4 Å². The van der Waals surface area contributed by atoms with Crippen LogP contribution in [0, 0.1) is 0 Å². The number of nitrogens with zero attached hydrogens (tertiary/aromatic N) is 4. The lowest BCUT2D eigenvalue weighted by Gasteiger charge is -2.26. The number of para-hydroxylation sites is 2. The third-order valence-corrected chi connectivity index (χ3v) is 4.54. The van der Waals surface area contributed by atoms with Crippen molar-refractivity contribution in [1.82, 2.24) is 18.7 Å². The molecule has 0 saturated heterocycles. The van der Waals surface area contributed by atoms with Gasteiger partial charge in [0.1, 0.15) is 6.61 Å². The Bertz CT molecular complexity index is 1100. The molecule has 3 aromatic rings. The van der Waals surface area contributed by atoms with Gasteiger partial charge >= 0.3 is 5.69 Å². The number of aryl methyl sites for hydroxylation is 1. The Kier molecular flexibility index (Phi) is 3.57. The molecule has 3 heterocycles. The fourth-order valence-electron chi connectivity index (χ4n) is 2.94. The van der Waals surface area contributed by atoms with Crippen LogP contribution in [-0.4, -0.2) is 31.4 Å². The minimum absolute atomic E-state index is 0.121. The molecule has 0 fully saturated rings. The number of rotatable bonds is 2. The lowest BCUT2D eigenvalue weighted by Crippen LogP contribution is -2.38. The van der Waals surface area contributed by atoms with Crippen LogP contribution in [0.1, 0.15) is 0 Å². The zero-order chi connectivity index (χ0) is 17.7. The van der Waals surface area contributed by atoms with Gasteiger partial charge in [0, 0.05) is 14.1 Å². The standard InChI is InChI=1S/C16H15ClN4O4/c1-19-13-12(14(22)20(2)16(19)23)21(15(17)18-13)7-9-8-24-10-5-3-4-6-11(10)25-9/h3-6,9H,7-8H2,1-2H3/t9-/m1/s1. The molecule has 4 rings (SSSR count). The van der Waals surface area contributed by atoms with E-state index >= 15 is 0 Å². The van der Waals surface area contributed by atoms with Gasteiger partial charge in [0.25, 0.3) is 5.56 Å². The summed E-state index contributed by atoms with van der Waals surface area (Å²) >= 11 is 6.23. The zero-order valence-electron chi connectivity index (χ0n) is 13.6. The molecular formula is C16H15ClN4O4. The summed E-state index contributed by atoms with van der Waals surface area (Å²) in [6.45, 7) is 0.593. The molecule has 25 heavy (non-hydrogen) atoms. The molecule has 0 aliphatic carbocycles. The topological polar surface area (TPSA) is 80.3 Å². The van der Waals surface area contributed by atoms with Crippen LogP contribution in [0.3, 0.4) is 0 Å². The molecule has 8 nitrogen and oxygen atoms in total. The van der Waals surface area contributed by atoms with Crippen LogP contribution in [0.5, 0.6) is 11.5 Å². The maximum Gasteiger partial charge on any atom is 0.332 e. The van der Waals surface area contributed by atoms with E-state index in [4.69, 9.17) is 21.1 Å². The van der Waals surface area contributed by atoms with Crippen molar-refractivity contribution in [1.29, 1.82) is 0 Å². The van der Waals surface area contributed by atoms with E-state index in [2.05, 4.69) is 4.98 Å². The Labute approximate surface area is 146 Å². The third-order valence-electron chi connectivity index (χ3n) is 4.26. The first kappa shape index (κ1) is 15.8. The number of benzene rings is 1. The van der Waals surface area contributed by atoms with Gasteiger partial charge in [-0.05, 0) is 23.7 Å². The van der Waals surface area contributed by atoms with Crippen LogP contribution in [0.4, 0.5) is 0 Å². The van der Waals surface area contributed by atoms with Crippen molar-refractivity contribution >= 4 is 22.8 Å². The van der Waals surface area contributed by atoms with E-state index in [0.717, 1.165) is 4.57 Å². The van der Waals surface area contributed by atoms with E-state index in [1.807, 2.05) is 24.3 Å². The Morgan fingerprint density at radius 2 is 1.92 bits per heavy atom. The van der Waals surface area contributed by atoms with Gasteiger partial charge in [-0.25, -0.2) is 4.79 Å². The predicted octanol–water partition coefficient (Wildman–Crippen LogP) is 0.927. The van der Waals surface area contributed by atoms with Gasteiger partial charge in [0.05, 0.1) is 6.54 Å². The van der Waals surface area contributed by atoms with Crippen LogP contribution in [0.2, 0.25) is 5.28 Å². The van der Waals surface area contributed by atoms with Crippen molar-refractivity contribution in [2.45, 2.75) is 12.6 Å². The van der Waals surface area contributed by atoms with Gasteiger partial charge in [0.2, 0.25) is 5.28 Å². The van der Waals surface area contributed by atoms with Crippen molar-refractivity contribution in [3.8, 4) is 11.5 Å². The highest BCUT2D eigenvalue weighted by molar-refractivity contribution is 6.29. The van der Waals surface area contributed by atoms with Crippen LogP contribution < -0.4 is 20.7 Å². The number of aromatic nitrogens is 4. The second kappa shape index (κ2) is 5.66. The molecule has 9 heteroatoms. The quantitative estimate of drug-likeness (QED) is 0.633. The summed E-state index contributed by atoms with van der Waals surface area (Å²) in [7, 11) is 2.97. The minimum atomic E-state index is -0.454. The van der Waals surface area contributed by atoms with Gasteiger partial charge in [-0.1, -0.05) is 12.1 Å². The third kappa shape index (κ3) is 2.41. The Morgan fingerprint density at radius 1 is 1.20 bits per heavy atom. The zero-order valence-corrected chi connectivity index (χ0v) is 14.4. The molecule has 2 aromatic heterocycles. The summed E-state index contributed by atoms with van der Waals surface area (Å²) in [6.07, 6.45) is -0.341. The maximum absolute atomic E-state index is 12.5. The highest BCUT2D eigenvalue weighted by Crippen LogP contribution is 2.31. The van der Waals surface area contributed by atoms with E-state index in [9.17, 15) is 9.59 Å². The van der Waals surface area contributed by atoms with Crippen LogP contribution in [-0.2, 0) is 20.6 Å². The van der Waals surface area contributed by atoms with Gasteiger partial charge in [0.15, 0.2) is 28.8 Å². The second-order valence-corrected chi connectivity index (χ2v) is 6.21. The van der Waals surface area contributed by atoms with E-state index < -0.39 is 11.2 Å². The van der Waals surface area contributed by atoms with Crippen molar-refractivity contribution < 1.29 is 9.47 Å². The molecule has 0 radical (unpaired) electrons. The van der Waals surface area contributed by atoms with Gasteiger partial charge < -0.3 is 14.0 Å². The van der Waals surface area contributed by atoms with E-state index in [1.165, 1.54) is 11.6 Å². The summed E-state index contributed by atoms with van der Waals surface area (Å²) < 4.78 is 15.5. The van der Waals surface area contributed by atoms with Crippen molar-refractivity contribution in [2.75, 3.05) is 6.61 Å². The molecule has 1 aliphatic heterocycles. The average molecular weight is 363 g/mol. The number of hydrogen-bond donors (Lipinski definition) is 0. The number of imidazole rings is 1. The number of halogens is 1. The normalized spacial score (nSPS) is 16.4. The molecular weight excluding hydrogens is 348 g/mol. The monoisotopic (exact) mass is 362 g/mol. The molecule has 0 bridgehead atoms. The lowest BCUT2D eigenvalue weighted by atomic mass is 10.2. The Hall–Kier alpha value is -2.74. The van der Waals surface area contributed by atoms with E-state index in [1.54, 1.807) is 11.6 Å². The average Bonchev–Trinajstić information content (AvgIpc) is 2.95. The summed E-state index contributed by atoms with van der Waals surface area (Å²) in [6, 6.07) is 7.37. The lowest BCUT2D eigenvalue weighted by molar-refractivity contribution is 0.0793. The fraction of sp³-hybridized carbons (Fsp3) is 0.312. The summed E-state index contributed by atoms with van der Waals surface area (Å²) in [5.41, 5.74) is -0.396. The largest absolute Gasteiger partial charge is 0.486 e. The summed E-state index contributed by atoms with van der Waals surface area (Å²) in [4.78, 5) is 28.7. The second-order valence-electron chi connectivity index (χ2n) is 5.87. The highest BCUT2D eigenvalue weighted by atomic mass is 35.5. The SMILES string of the molecule is Cn1c(=O)c2c(nc(Cl)n2C[C@@H]2COc3ccccc3O2)n(C)c1=O. The van der Waals surface area contributed by atoms with E-state index in [0.29, 0.717) is 18.1 Å². The van der Waals surface area contributed by atoms with E-state index in [-0.39, 0.29) is 29.1 Å².